The van der Waals surface area contributed by atoms with Crippen LogP contribution in [0.1, 0.15) is 35.0 Å². The summed E-state index contributed by atoms with van der Waals surface area (Å²) >= 11 is 0. The summed E-state index contributed by atoms with van der Waals surface area (Å²) in [5.41, 5.74) is -2.51. The molecular weight excluding hydrogens is 237 g/mol. The number of hydrogen-bond donors (Lipinski definition) is 0. The van der Waals surface area contributed by atoms with Crippen molar-refractivity contribution in [2.24, 2.45) is 0 Å². The zero-order valence-electron chi connectivity index (χ0n) is 8.71. The van der Waals surface area contributed by atoms with Crippen LogP contribution in [-0.4, -0.2) is 17.6 Å². The van der Waals surface area contributed by atoms with Gasteiger partial charge in [0, 0.05) is 6.20 Å². The number of carbonyl (C=O) groups excluding carboxylic acids is 1. The van der Waals surface area contributed by atoms with Crippen molar-refractivity contribution in [2.45, 2.75) is 13.3 Å². The van der Waals surface area contributed by atoms with Crippen molar-refractivity contribution >= 4 is 5.97 Å². The summed E-state index contributed by atoms with van der Waals surface area (Å²) in [5, 5.41) is 8.58. The van der Waals surface area contributed by atoms with E-state index in [1.54, 1.807) is 0 Å². The molecule has 90 valence electrons. The summed E-state index contributed by atoms with van der Waals surface area (Å²) in [5.74, 6) is -2.48. The lowest BCUT2D eigenvalue weighted by Gasteiger charge is -2.06. The van der Waals surface area contributed by atoms with E-state index in [2.05, 4.69) is 9.72 Å². The molecule has 1 heterocycles. The SMILES string of the molecule is CCOC(=O)c1ncc(C(F)F)c(C#N)c1F. The Balaban J connectivity index is 3.31. The Bertz CT molecular complexity index is 483. The zero-order valence-corrected chi connectivity index (χ0v) is 8.71. The van der Waals surface area contributed by atoms with Gasteiger partial charge in [0.2, 0.25) is 0 Å². The first-order chi connectivity index (χ1) is 8.02. The standard InChI is InChI=1S/C10H7F3N2O2/c1-2-17-10(16)8-7(11)5(3-14)6(4-15-8)9(12)13/h4,9H,2H2,1H3. The lowest BCUT2D eigenvalue weighted by molar-refractivity contribution is 0.0512. The number of nitriles is 1. The number of hydrogen-bond acceptors (Lipinski definition) is 4. The number of nitrogens with zero attached hydrogens (tertiary/aromatic N) is 2. The van der Waals surface area contributed by atoms with Crippen molar-refractivity contribution in [3.63, 3.8) is 0 Å². The number of rotatable bonds is 3. The van der Waals surface area contributed by atoms with E-state index >= 15 is 0 Å². The molecule has 0 amide bonds. The number of ether oxygens (including phenoxy) is 1. The third-order valence-electron chi connectivity index (χ3n) is 1.86. The molecule has 1 aromatic rings. The highest BCUT2D eigenvalue weighted by atomic mass is 19.3. The van der Waals surface area contributed by atoms with Crippen molar-refractivity contribution in [1.29, 1.82) is 5.26 Å². The van der Waals surface area contributed by atoms with Crippen molar-refractivity contribution in [3.05, 3.63) is 28.8 Å². The Hall–Kier alpha value is -2.10. The van der Waals surface area contributed by atoms with Gasteiger partial charge in [-0.3, -0.25) is 0 Å². The van der Waals surface area contributed by atoms with E-state index in [1.165, 1.54) is 13.0 Å². The Morgan fingerprint density at radius 1 is 1.65 bits per heavy atom. The fourth-order valence-electron chi connectivity index (χ4n) is 1.12. The van der Waals surface area contributed by atoms with Crippen LogP contribution in [0.4, 0.5) is 13.2 Å². The predicted octanol–water partition coefficient (Wildman–Crippen LogP) is 2.21. The molecule has 1 aromatic heterocycles. The van der Waals surface area contributed by atoms with Gasteiger partial charge < -0.3 is 4.74 Å². The largest absolute Gasteiger partial charge is 0.461 e. The van der Waals surface area contributed by atoms with Gasteiger partial charge in [0.15, 0.2) is 11.5 Å². The highest BCUT2D eigenvalue weighted by Gasteiger charge is 2.24. The van der Waals surface area contributed by atoms with E-state index < -0.39 is 35.0 Å². The van der Waals surface area contributed by atoms with Crippen LogP contribution < -0.4 is 0 Å². The molecule has 0 saturated heterocycles. The van der Waals surface area contributed by atoms with Crippen LogP contribution in [0, 0.1) is 17.1 Å². The van der Waals surface area contributed by atoms with Gasteiger partial charge in [-0.1, -0.05) is 0 Å². The van der Waals surface area contributed by atoms with Crippen LogP contribution >= 0.6 is 0 Å². The summed E-state index contributed by atoms with van der Waals surface area (Å²) < 4.78 is 42.8. The van der Waals surface area contributed by atoms with Crippen molar-refractivity contribution in [1.82, 2.24) is 4.98 Å². The number of esters is 1. The Labute approximate surface area is 94.6 Å². The smallest absolute Gasteiger partial charge is 0.360 e. The summed E-state index contributed by atoms with van der Waals surface area (Å²) in [4.78, 5) is 14.4. The maximum absolute atomic E-state index is 13.5. The summed E-state index contributed by atoms with van der Waals surface area (Å²) in [6.45, 7) is 1.48. The first-order valence-corrected chi connectivity index (χ1v) is 4.56. The average Bonchev–Trinajstić information content (AvgIpc) is 2.28. The molecule has 0 radical (unpaired) electrons. The van der Waals surface area contributed by atoms with Gasteiger partial charge in [-0.2, -0.15) is 5.26 Å². The van der Waals surface area contributed by atoms with E-state index in [-0.39, 0.29) is 6.61 Å². The van der Waals surface area contributed by atoms with Gasteiger partial charge in [-0.25, -0.2) is 22.9 Å². The second kappa shape index (κ2) is 5.30. The highest BCUT2D eigenvalue weighted by molar-refractivity contribution is 5.88. The fourth-order valence-corrected chi connectivity index (χ4v) is 1.12. The van der Waals surface area contributed by atoms with Crippen LogP contribution in [-0.2, 0) is 4.74 Å². The van der Waals surface area contributed by atoms with Crippen LogP contribution in [0.15, 0.2) is 6.20 Å². The molecule has 0 spiro atoms. The monoisotopic (exact) mass is 244 g/mol. The summed E-state index contributed by atoms with van der Waals surface area (Å²) in [6, 6.07) is 1.28. The summed E-state index contributed by atoms with van der Waals surface area (Å²) in [6.07, 6.45) is -2.44. The Kier molecular flexibility index (Phi) is 4.04. The van der Waals surface area contributed by atoms with Crippen molar-refractivity contribution in [3.8, 4) is 6.07 Å². The van der Waals surface area contributed by atoms with Crippen molar-refractivity contribution in [2.75, 3.05) is 6.61 Å². The van der Waals surface area contributed by atoms with Gasteiger partial charge in [0.05, 0.1) is 12.2 Å². The third-order valence-corrected chi connectivity index (χ3v) is 1.86. The van der Waals surface area contributed by atoms with Gasteiger partial charge in [0.1, 0.15) is 11.6 Å². The molecule has 0 aromatic carbocycles. The molecule has 0 aliphatic rings. The first-order valence-electron chi connectivity index (χ1n) is 4.56. The van der Waals surface area contributed by atoms with Gasteiger partial charge in [0.25, 0.3) is 6.43 Å². The second-order valence-electron chi connectivity index (χ2n) is 2.88. The van der Waals surface area contributed by atoms with E-state index in [1.807, 2.05) is 0 Å². The molecule has 0 aliphatic carbocycles. The van der Waals surface area contributed by atoms with Crippen LogP contribution in [0.2, 0.25) is 0 Å². The van der Waals surface area contributed by atoms with E-state index in [0.717, 1.165) is 0 Å². The highest BCUT2D eigenvalue weighted by Crippen LogP contribution is 2.25. The lowest BCUT2D eigenvalue weighted by Crippen LogP contribution is -2.12. The molecule has 4 nitrogen and oxygen atoms in total. The molecule has 17 heavy (non-hydrogen) atoms. The molecule has 0 aliphatic heterocycles. The molecule has 0 N–H and O–H groups in total. The minimum absolute atomic E-state index is 0.0154. The molecule has 7 heteroatoms. The van der Waals surface area contributed by atoms with Gasteiger partial charge in [-0.15, -0.1) is 0 Å². The van der Waals surface area contributed by atoms with E-state index in [9.17, 15) is 18.0 Å². The molecule has 1 rings (SSSR count). The van der Waals surface area contributed by atoms with Gasteiger partial charge >= 0.3 is 5.97 Å². The number of carbonyl (C=O) groups is 1. The predicted molar refractivity (Wildman–Crippen MR) is 49.8 cm³/mol. The van der Waals surface area contributed by atoms with Crippen molar-refractivity contribution < 1.29 is 22.7 Å². The number of aromatic nitrogens is 1. The fraction of sp³-hybridized carbons (Fsp3) is 0.300. The molecule has 0 saturated carbocycles. The summed E-state index contributed by atoms with van der Waals surface area (Å²) in [7, 11) is 0. The lowest BCUT2D eigenvalue weighted by atomic mass is 10.1. The number of halogens is 3. The van der Waals surface area contributed by atoms with Crippen LogP contribution in [0.3, 0.4) is 0 Å². The maximum atomic E-state index is 13.5. The van der Waals surface area contributed by atoms with Gasteiger partial charge in [-0.05, 0) is 6.92 Å². The third kappa shape index (κ3) is 2.53. The Morgan fingerprint density at radius 2 is 2.29 bits per heavy atom. The topological polar surface area (TPSA) is 63.0 Å². The van der Waals surface area contributed by atoms with Crippen LogP contribution in [0.5, 0.6) is 0 Å². The molecule has 0 atom stereocenters. The zero-order chi connectivity index (χ0) is 13.0. The quantitative estimate of drug-likeness (QED) is 0.764. The minimum Gasteiger partial charge on any atom is -0.461 e. The Morgan fingerprint density at radius 3 is 2.76 bits per heavy atom. The second-order valence-corrected chi connectivity index (χ2v) is 2.88. The average molecular weight is 244 g/mol. The van der Waals surface area contributed by atoms with Crippen LogP contribution in [0.25, 0.3) is 0 Å². The molecule has 0 unspecified atom stereocenters. The van der Waals surface area contributed by atoms with E-state index in [4.69, 9.17) is 5.26 Å². The molecule has 0 fully saturated rings. The first kappa shape index (κ1) is 13.0. The number of alkyl halides is 2. The molecule has 0 bridgehead atoms. The minimum atomic E-state index is -3.04. The van der Waals surface area contributed by atoms with E-state index in [0.29, 0.717) is 6.20 Å². The number of pyridine rings is 1. The molecular formula is C10H7F3N2O2. The maximum Gasteiger partial charge on any atom is 0.360 e. The normalized spacial score (nSPS) is 10.1.